The topological polar surface area (TPSA) is 67.8 Å². The van der Waals surface area contributed by atoms with E-state index in [9.17, 15) is 9.59 Å². The molecule has 15 heavy (non-hydrogen) atoms. The van der Waals surface area contributed by atoms with E-state index in [0.717, 1.165) is 0 Å². The van der Waals surface area contributed by atoms with Gasteiger partial charge in [-0.05, 0) is 32.9 Å². The number of nitrogens with zero attached hydrogens (tertiary/aromatic N) is 1. The molecule has 0 saturated heterocycles. The molecule has 1 aliphatic heterocycles. The fraction of sp³-hybridized carbons (Fsp3) is 0.500. The van der Waals surface area contributed by atoms with Gasteiger partial charge in [0.15, 0.2) is 5.78 Å². The van der Waals surface area contributed by atoms with Crippen molar-refractivity contribution in [3.05, 3.63) is 12.2 Å². The lowest BCUT2D eigenvalue weighted by Gasteiger charge is -2.19. The first kappa shape index (κ1) is 11.4. The minimum atomic E-state index is -0.569. The van der Waals surface area contributed by atoms with E-state index in [-0.39, 0.29) is 12.3 Å². The number of hydrogen-bond acceptors (Lipinski definition) is 4. The maximum atomic E-state index is 11.3. The summed E-state index contributed by atoms with van der Waals surface area (Å²) in [5.74, 6) is 0.272. The lowest BCUT2D eigenvalue weighted by atomic mass is 10.2. The average molecular weight is 210 g/mol. The van der Waals surface area contributed by atoms with Crippen molar-refractivity contribution < 1.29 is 14.3 Å². The van der Waals surface area contributed by atoms with Gasteiger partial charge in [-0.15, -0.1) is 0 Å². The lowest BCUT2D eigenvalue weighted by Crippen LogP contribution is -2.36. The smallest absolute Gasteiger partial charge is 0.413 e. The number of aliphatic imine (C=N–C) groups is 1. The quantitative estimate of drug-likeness (QED) is 0.649. The van der Waals surface area contributed by atoms with Crippen molar-refractivity contribution in [1.29, 1.82) is 0 Å². The maximum Gasteiger partial charge on any atom is 0.413 e. The second-order valence-electron chi connectivity index (χ2n) is 4.13. The van der Waals surface area contributed by atoms with E-state index in [0.29, 0.717) is 5.84 Å². The van der Waals surface area contributed by atoms with Gasteiger partial charge in [-0.1, -0.05) is 0 Å². The first-order chi connectivity index (χ1) is 6.87. The second kappa shape index (κ2) is 4.25. The Morgan fingerprint density at radius 1 is 1.47 bits per heavy atom. The molecule has 1 amide bonds. The van der Waals surface area contributed by atoms with Gasteiger partial charge in [0.05, 0.1) is 0 Å². The number of carbonyl (C=O) groups is 2. The van der Waals surface area contributed by atoms with Crippen molar-refractivity contribution in [1.82, 2.24) is 5.32 Å². The van der Waals surface area contributed by atoms with Crippen molar-refractivity contribution in [2.24, 2.45) is 4.99 Å². The monoisotopic (exact) mass is 210 g/mol. The van der Waals surface area contributed by atoms with E-state index < -0.39 is 11.7 Å². The van der Waals surface area contributed by atoms with Gasteiger partial charge in [-0.3, -0.25) is 15.1 Å². The molecule has 1 rings (SSSR count). The van der Waals surface area contributed by atoms with Crippen LogP contribution in [0.25, 0.3) is 0 Å². The Kier molecular flexibility index (Phi) is 3.24. The number of ketones is 1. The summed E-state index contributed by atoms with van der Waals surface area (Å²) in [7, 11) is 0. The highest BCUT2D eigenvalue weighted by Gasteiger charge is 2.17. The van der Waals surface area contributed by atoms with Crippen molar-refractivity contribution in [2.75, 3.05) is 6.54 Å². The molecular weight excluding hydrogens is 196 g/mol. The molecule has 1 N–H and O–H groups in total. The second-order valence-corrected chi connectivity index (χ2v) is 4.13. The number of alkyl carbamates (subject to hydrolysis) is 1. The minimum absolute atomic E-state index is 0.0711. The van der Waals surface area contributed by atoms with Crippen LogP contribution in [0.2, 0.25) is 0 Å². The van der Waals surface area contributed by atoms with Crippen LogP contribution in [0.4, 0.5) is 4.79 Å². The summed E-state index contributed by atoms with van der Waals surface area (Å²) >= 11 is 0. The molecule has 0 saturated carbocycles. The number of dihydropyridines is 1. The number of nitrogens with one attached hydrogen (secondary N) is 1. The molecule has 0 spiro atoms. The highest BCUT2D eigenvalue weighted by molar-refractivity contribution is 6.09. The first-order valence-electron chi connectivity index (χ1n) is 4.62. The third kappa shape index (κ3) is 4.39. The Morgan fingerprint density at radius 2 is 2.13 bits per heavy atom. The van der Waals surface area contributed by atoms with Crippen LogP contribution >= 0.6 is 0 Å². The van der Waals surface area contributed by atoms with Crippen LogP contribution in [0, 0.1) is 0 Å². The first-order valence-corrected chi connectivity index (χ1v) is 4.62. The molecule has 5 heteroatoms. The van der Waals surface area contributed by atoms with Gasteiger partial charge in [-0.25, -0.2) is 4.79 Å². The number of rotatable bonds is 0. The molecule has 0 radical (unpaired) electrons. The van der Waals surface area contributed by atoms with Crippen LogP contribution in [-0.4, -0.2) is 29.9 Å². The molecule has 0 atom stereocenters. The Balaban J connectivity index is 2.47. The average Bonchev–Trinajstić information content (AvgIpc) is 2.05. The van der Waals surface area contributed by atoms with E-state index in [4.69, 9.17) is 4.74 Å². The van der Waals surface area contributed by atoms with Crippen LogP contribution < -0.4 is 5.32 Å². The molecular formula is C10H14N2O3. The summed E-state index contributed by atoms with van der Waals surface area (Å²) in [5, 5.41) is 2.45. The third-order valence-corrected chi connectivity index (χ3v) is 1.46. The Morgan fingerprint density at radius 3 is 2.60 bits per heavy atom. The number of amides is 1. The highest BCUT2D eigenvalue weighted by Crippen LogP contribution is 2.06. The Labute approximate surface area is 88.2 Å². The van der Waals surface area contributed by atoms with Gasteiger partial charge in [0.1, 0.15) is 18.0 Å². The van der Waals surface area contributed by atoms with E-state index in [1.807, 2.05) is 0 Å². The van der Waals surface area contributed by atoms with E-state index >= 15 is 0 Å². The summed E-state index contributed by atoms with van der Waals surface area (Å²) in [6.45, 7) is 5.39. The van der Waals surface area contributed by atoms with Gasteiger partial charge in [0.2, 0.25) is 0 Å². The zero-order chi connectivity index (χ0) is 11.5. The molecule has 0 aliphatic carbocycles. The van der Waals surface area contributed by atoms with Crippen LogP contribution in [0.3, 0.4) is 0 Å². The maximum absolute atomic E-state index is 11.3. The molecule has 82 valence electrons. The van der Waals surface area contributed by atoms with Crippen LogP contribution in [-0.2, 0) is 9.53 Å². The van der Waals surface area contributed by atoms with Crippen molar-refractivity contribution in [2.45, 2.75) is 26.4 Å². The summed E-state index contributed by atoms with van der Waals surface area (Å²) in [6, 6.07) is 0. The number of hydrogen-bond donors (Lipinski definition) is 1. The molecule has 0 bridgehead atoms. The fourth-order valence-corrected chi connectivity index (χ4v) is 0.930. The lowest BCUT2D eigenvalue weighted by molar-refractivity contribution is -0.113. The molecule has 0 aromatic rings. The largest absolute Gasteiger partial charge is 0.444 e. The summed E-state index contributed by atoms with van der Waals surface area (Å²) in [4.78, 5) is 25.9. The van der Waals surface area contributed by atoms with E-state index in [1.165, 1.54) is 12.2 Å². The van der Waals surface area contributed by atoms with E-state index in [1.54, 1.807) is 20.8 Å². The number of ether oxygens (including phenoxy) is 1. The molecule has 1 aliphatic rings. The van der Waals surface area contributed by atoms with Gasteiger partial charge < -0.3 is 4.74 Å². The van der Waals surface area contributed by atoms with Gasteiger partial charge in [0.25, 0.3) is 0 Å². The Bertz CT molecular complexity index is 337. The van der Waals surface area contributed by atoms with Crippen LogP contribution in [0.5, 0.6) is 0 Å². The zero-order valence-electron chi connectivity index (χ0n) is 9.03. The van der Waals surface area contributed by atoms with Gasteiger partial charge >= 0.3 is 6.09 Å². The molecule has 0 aromatic heterocycles. The SMILES string of the molecule is CC(C)(C)OC(=O)NC1=NCC(=O)C=C1. The van der Waals surface area contributed by atoms with Crippen molar-refractivity contribution in [3.8, 4) is 0 Å². The zero-order valence-corrected chi connectivity index (χ0v) is 9.03. The summed E-state index contributed by atoms with van der Waals surface area (Å²) in [5.41, 5.74) is -0.543. The number of carbonyl (C=O) groups excluding carboxylic acids is 2. The van der Waals surface area contributed by atoms with Crippen molar-refractivity contribution in [3.63, 3.8) is 0 Å². The van der Waals surface area contributed by atoms with E-state index in [2.05, 4.69) is 10.3 Å². The molecule has 0 aromatic carbocycles. The third-order valence-electron chi connectivity index (χ3n) is 1.46. The molecule has 0 unspecified atom stereocenters. The van der Waals surface area contributed by atoms with Gasteiger partial charge in [0, 0.05) is 0 Å². The highest BCUT2D eigenvalue weighted by atomic mass is 16.6. The normalized spacial score (nSPS) is 15.9. The van der Waals surface area contributed by atoms with Crippen LogP contribution in [0.15, 0.2) is 17.1 Å². The van der Waals surface area contributed by atoms with Crippen LogP contribution in [0.1, 0.15) is 20.8 Å². The number of amidine groups is 1. The minimum Gasteiger partial charge on any atom is -0.444 e. The standard InChI is InChI=1S/C10H14N2O3/c1-10(2,3)15-9(14)12-8-5-4-7(13)6-11-8/h4-5H,6H2,1-3H3,(H,11,12,14). The van der Waals surface area contributed by atoms with Gasteiger partial charge in [-0.2, -0.15) is 0 Å². The Hall–Kier alpha value is -1.65. The fourth-order valence-electron chi connectivity index (χ4n) is 0.930. The molecule has 1 heterocycles. The molecule has 5 nitrogen and oxygen atoms in total. The predicted molar refractivity (Wildman–Crippen MR) is 55.8 cm³/mol. The molecule has 0 fully saturated rings. The summed E-state index contributed by atoms with van der Waals surface area (Å²) < 4.78 is 5.02. The predicted octanol–water partition coefficient (Wildman–Crippen LogP) is 1.05. The van der Waals surface area contributed by atoms with Crippen molar-refractivity contribution >= 4 is 17.7 Å². The summed E-state index contributed by atoms with van der Waals surface area (Å²) in [6.07, 6.45) is 2.26.